The van der Waals surface area contributed by atoms with Gasteiger partial charge in [0.1, 0.15) is 0 Å². The minimum absolute atomic E-state index is 0.0951. The van der Waals surface area contributed by atoms with Crippen molar-refractivity contribution < 1.29 is 0 Å². The molecular weight excluding hydrogens is 653 g/mol. The Balaban J connectivity index is 1.11. The first-order valence-corrected chi connectivity index (χ1v) is 18.8. The molecule has 0 bridgehead atoms. The molecular formula is C52H40N2. The first-order chi connectivity index (χ1) is 26.5. The van der Waals surface area contributed by atoms with E-state index in [0.717, 1.165) is 17.1 Å². The molecule has 0 saturated carbocycles. The Morgan fingerprint density at radius 1 is 0.426 bits per heavy atom. The fourth-order valence-electron chi connectivity index (χ4n) is 8.85. The van der Waals surface area contributed by atoms with Gasteiger partial charge in [0.25, 0.3) is 0 Å². The maximum atomic E-state index is 2.41. The van der Waals surface area contributed by atoms with Gasteiger partial charge in [0, 0.05) is 46.0 Å². The molecule has 258 valence electrons. The number of nitrogens with zero attached hydrogens (tertiary/aromatic N) is 2. The minimum Gasteiger partial charge on any atom is -0.343 e. The number of aryl methyl sites for hydroxylation is 1. The number of rotatable bonds is 6. The SMILES string of the molecule is Cn1c(-c2ccc3ccccc3c2)c(-c2ccc(N(c3ccc(-c4ccccc4)cc3)c3ccc4c(c3)C(C)(C)c3ccccc3-4)cc2)c2ccccc21. The van der Waals surface area contributed by atoms with Crippen molar-refractivity contribution in [3.63, 3.8) is 0 Å². The normalized spacial score (nSPS) is 12.9. The lowest BCUT2D eigenvalue weighted by atomic mass is 9.82. The van der Waals surface area contributed by atoms with E-state index in [0.29, 0.717) is 0 Å². The molecule has 8 aromatic carbocycles. The van der Waals surface area contributed by atoms with Crippen LogP contribution in [0.4, 0.5) is 17.1 Å². The zero-order chi connectivity index (χ0) is 36.4. The molecule has 54 heavy (non-hydrogen) atoms. The van der Waals surface area contributed by atoms with Crippen LogP contribution < -0.4 is 4.90 Å². The van der Waals surface area contributed by atoms with Crippen LogP contribution in [0, 0.1) is 0 Å². The predicted octanol–water partition coefficient (Wildman–Crippen LogP) is 14.1. The number of hydrogen-bond donors (Lipinski definition) is 0. The summed E-state index contributed by atoms with van der Waals surface area (Å²) in [5.74, 6) is 0. The average Bonchev–Trinajstić information content (AvgIpc) is 3.65. The molecule has 1 aliphatic carbocycles. The van der Waals surface area contributed by atoms with Crippen molar-refractivity contribution in [2.24, 2.45) is 7.05 Å². The average molecular weight is 693 g/mol. The van der Waals surface area contributed by atoms with E-state index in [1.54, 1.807) is 0 Å². The fraction of sp³-hybridized carbons (Fsp3) is 0.0769. The molecule has 0 radical (unpaired) electrons. The summed E-state index contributed by atoms with van der Waals surface area (Å²) in [4.78, 5) is 2.41. The topological polar surface area (TPSA) is 8.17 Å². The van der Waals surface area contributed by atoms with E-state index in [4.69, 9.17) is 0 Å². The third-order valence-electron chi connectivity index (χ3n) is 11.6. The Morgan fingerprint density at radius 2 is 1.00 bits per heavy atom. The van der Waals surface area contributed by atoms with Crippen LogP contribution in [0.1, 0.15) is 25.0 Å². The molecule has 10 rings (SSSR count). The van der Waals surface area contributed by atoms with Crippen LogP contribution in [0.25, 0.3) is 66.3 Å². The second-order valence-electron chi connectivity index (χ2n) is 15.1. The van der Waals surface area contributed by atoms with Crippen molar-refractivity contribution in [3.8, 4) is 44.6 Å². The lowest BCUT2D eigenvalue weighted by Crippen LogP contribution is -2.16. The number of benzene rings is 8. The summed E-state index contributed by atoms with van der Waals surface area (Å²) < 4.78 is 2.35. The van der Waals surface area contributed by atoms with Gasteiger partial charge in [0.05, 0.1) is 5.69 Å². The van der Waals surface area contributed by atoms with Crippen LogP contribution in [0.2, 0.25) is 0 Å². The van der Waals surface area contributed by atoms with Gasteiger partial charge < -0.3 is 9.47 Å². The molecule has 0 N–H and O–H groups in total. The first-order valence-electron chi connectivity index (χ1n) is 18.8. The van der Waals surface area contributed by atoms with Gasteiger partial charge >= 0.3 is 0 Å². The molecule has 0 saturated heterocycles. The maximum Gasteiger partial charge on any atom is 0.0568 e. The van der Waals surface area contributed by atoms with Crippen molar-refractivity contribution in [3.05, 3.63) is 199 Å². The Bertz CT molecular complexity index is 2840. The molecule has 1 aromatic heterocycles. The molecule has 0 amide bonds. The van der Waals surface area contributed by atoms with Crippen LogP contribution in [0.5, 0.6) is 0 Å². The van der Waals surface area contributed by atoms with Crippen molar-refractivity contribution in [1.29, 1.82) is 0 Å². The summed E-state index contributed by atoms with van der Waals surface area (Å²) in [7, 11) is 2.19. The number of para-hydroxylation sites is 1. The van der Waals surface area contributed by atoms with Crippen molar-refractivity contribution in [1.82, 2.24) is 4.57 Å². The second kappa shape index (κ2) is 12.5. The smallest absolute Gasteiger partial charge is 0.0568 e. The van der Waals surface area contributed by atoms with E-state index < -0.39 is 0 Å². The lowest BCUT2D eigenvalue weighted by Gasteiger charge is -2.28. The molecule has 2 nitrogen and oxygen atoms in total. The first kappa shape index (κ1) is 32.0. The minimum atomic E-state index is -0.0951. The summed E-state index contributed by atoms with van der Waals surface area (Å²) in [5.41, 5.74) is 17.2. The van der Waals surface area contributed by atoms with Crippen molar-refractivity contribution in [2.75, 3.05) is 4.90 Å². The van der Waals surface area contributed by atoms with Gasteiger partial charge in [-0.1, -0.05) is 153 Å². The van der Waals surface area contributed by atoms with Crippen LogP contribution in [0.15, 0.2) is 188 Å². The van der Waals surface area contributed by atoms with E-state index in [1.165, 1.54) is 77.4 Å². The fourth-order valence-corrected chi connectivity index (χ4v) is 8.85. The van der Waals surface area contributed by atoms with Crippen LogP contribution in [-0.2, 0) is 12.5 Å². The molecule has 0 spiro atoms. The molecule has 0 unspecified atom stereocenters. The lowest BCUT2D eigenvalue weighted by molar-refractivity contribution is 0.660. The molecule has 0 atom stereocenters. The van der Waals surface area contributed by atoms with Crippen molar-refractivity contribution >= 4 is 38.7 Å². The predicted molar refractivity (Wildman–Crippen MR) is 229 cm³/mol. The number of aromatic nitrogens is 1. The van der Waals surface area contributed by atoms with Crippen LogP contribution in [0.3, 0.4) is 0 Å². The Kier molecular flexibility index (Phi) is 7.42. The van der Waals surface area contributed by atoms with Gasteiger partial charge in [-0.25, -0.2) is 0 Å². The van der Waals surface area contributed by atoms with E-state index in [1.807, 2.05) is 0 Å². The number of fused-ring (bicyclic) bond motifs is 5. The van der Waals surface area contributed by atoms with Gasteiger partial charge in [-0.05, 0) is 104 Å². The van der Waals surface area contributed by atoms with Crippen molar-refractivity contribution in [2.45, 2.75) is 19.3 Å². The van der Waals surface area contributed by atoms with E-state index in [-0.39, 0.29) is 5.41 Å². The van der Waals surface area contributed by atoms with Gasteiger partial charge in [-0.3, -0.25) is 0 Å². The summed E-state index contributed by atoms with van der Waals surface area (Å²) in [6.07, 6.45) is 0. The second-order valence-corrected chi connectivity index (χ2v) is 15.1. The maximum absolute atomic E-state index is 2.41. The Labute approximate surface area is 317 Å². The summed E-state index contributed by atoms with van der Waals surface area (Å²) in [6, 6.07) is 68.9. The highest BCUT2D eigenvalue weighted by Crippen LogP contribution is 2.51. The molecule has 1 heterocycles. The molecule has 9 aromatic rings. The quantitative estimate of drug-likeness (QED) is 0.168. The van der Waals surface area contributed by atoms with E-state index >= 15 is 0 Å². The monoisotopic (exact) mass is 692 g/mol. The Morgan fingerprint density at radius 3 is 1.78 bits per heavy atom. The van der Waals surface area contributed by atoms with Gasteiger partial charge in [-0.15, -0.1) is 0 Å². The van der Waals surface area contributed by atoms with E-state index in [9.17, 15) is 0 Å². The third-order valence-corrected chi connectivity index (χ3v) is 11.6. The largest absolute Gasteiger partial charge is 0.343 e. The van der Waals surface area contributed by atoms with Gasteiger partial charge in [0.2, 0.25) is 0 Å². The van der Waals surface area contributed by atoms with E-state index in [2.05, 4.69) is 218 Å². The number of anilines is 3. The highest BCUT2D eigenvalue weighted by molar-refractivity contribution is 6.05. The van der Waals surface area contributed by atoms with Gasteiger partial charge in [-0.2, -0.15) is 0 Å². The molecule has 2 heteroatoms. The van der Waals surface area contributed by atoms with Crippen LogP contribution in [-0.4, -0.2) is 4.57 Å². The Hall–Kier alpha value is -6.64. The standard InChI is InChI=1S/C52H40N2/c1-52(2)47-19-11-9-17-44(47)45-32-31-43(34-48(45)52)54(41-27-23-37(24-28-41)35-13-5-4-6-14-35)42-29-25-38(26-30-42)50-46-18-10-12-20-49(46)53(3)51(50)40-22-21-36-15-7-8-16-39(36)33-40/h4-34H,1-3H3. The third kappa shape index (κ3) is 5.09. The van der Waals surface area contributed by atoms with Gasteiger partial charge in [0.15, 0.2) is 0 Å². The summed E-state index contributed by atoms with van der Waals surface area (Å²) in [5, 5.41) is 3.75. The highest BCUT2D eigenvalue weighted by Gasteiger charge is 2.35. The zero-order valence-corrected chi connectivity index (χ0v) is 30.8. The molecule has 0 fully saturated rings. The highest BCUT2D eigenvalue weighted by atomic mass is 15.1. The summed E-state index contributed by atoms with van der Waals surface area (Å²) in [6.45, 7) is 4.71. The number of hydrogen-bond acceptors (Lipinski definition) is 1. The molecule has 1 aliphatic rings. The van der Waals surface area contributed by atoms with Crippen LogP contribution >= 0.6 is 0 Å². The summed E-state index contributed by atoms with van der Waals surface area (Å²) >= 11 is 0. The molecule has 0 aliphatic heterocycles. The zero-order valence-electron chi connectivity index (χ0n) is 30.8.